The molecule has 0 saturated heterocycles. The highest BCUT2D eigenvalue weighted by molar-refractivity contribution is 9.10. The van der Waals surface area contributed by atoms with E-state index in [2.05, 4.69) is 31.9 Å². The Bertz CT molecular complexity index is 627. The first-order valence-corrected chi connectivity index (χ1v) is 8.39. The van der Waals surface area contributed by atoms with E-state index in [1.165, 1.54) is 0 Å². The van der Waals surface area contributed by atoms with Crippen LogP contribution in [0.4, 0.5) is 0 Å². The first-order chi connectivity index (χ1) is 10.0. The predicted molar refractivity (Wildman–Crippen MR) is 92.8 cm³/mol. The summed E-state index contributed by atoms with van der Waals surface area (Å²) in [4.78, 5) is 0. The number of benzene rings is 2. The third-order valence-corrected chi connectivity index (χ3v) is 5.13. The van der Waals surface area contributed by atoms with Crippen LogP contribution in [0.1, 0.15) is 11.1 Å². The minimum Gasteiger partial charge on any atom is -0.395 e. The SMILES string of the molecule is OCC(CO)(Cc1ccc(Br)cc1Cl)c1ccccc1Br. The number of rotatable bonds is 5. The Morgan fingerprint density at radius 1 is 1.00 bits per heavy atom. The second-order valence-corrected chi connectivity index (χ2v) is 7.17. The van der Waals surface area contributed by atoms with Crippen LogP contribution in [0.2, 0.25) is 5.02 Å². The lowest BCUT2D eigenvalue weighted by Gasteiger charge is -2.32. The lowest BCUT2D eigenvalue weighted by Crippen LogP contribution is -2.37. The molecular formula is C16H15Br2ClO2. The summed E-state index contributed by atoms with van der Waals surface area (Å²) in [5, 5.41) is 20.5. The molecule has 2 N–H and O–H groups in total. The summed E-state index contributed by atoms with van der Waals surface area (Å²) in [6.45, 7) is -0.336. The van der Waals surface area contributed by atoms with E-state index in [9.17, 15) is 10.2 Å². The van der Waals surface area contributed by atoms with Crippen molar-refractivity contribution in [3.8, 4) is 0 Å². The molecular weight excluding hydrogens is 419 g/mol. The summed E-state index contributed by atoms with van der Waals surface area (Å²) < 4.78 is 1.76. The van der Waals surface area contributed by atoms with Gasteiger partial charge < -0.3 is 10.2 Å². The molecule has 0 saturated carbocycles. The highest BCUT2D eigenvalue weighted by Gasteiger charge is 2.33. The quantitative estimate of drug-likeness (QED) is 0.736. The fourth-order valence-electron chi connectivity index (χ4n) is 2.35. The van der Waals surface area contributed by atoms with Crippen molar-refractivity contribution in [1.29, 1.82) is 0 Å². The Morgan fingerprint density at radius 2 is 1.67 bits per heavy atom. The lowest BCUT2D eigenvalue weighted by molar-refractivity contribution is 0.116. The van der Waals surface area contributed by atoms with E-state index < -0.39 is 5.41 Å². The fraction of sp³-hybridized carbons (Fsp3) is 0.250. The van der Waals surface area contributed by atoms with Gasteiger partial charge in [0.05, 0.1) is 13.2 Å². The zero-order valence-corrected chi connectivity index (χ0v) is 15.1. The molecule has 0 spiro atoms. The predicted octanol–water partition coefficient (Wildman–Crippen LogP) is 4.33. The van der Waals surface area contributed by atoms with Gasteiger partial charge in [0.2, 0.25) is 0 Å². The van der Waals surface area contributed by atoms with Gasteiger partial charge in [-0.2, -0.15) is 0 Å². The highest BCUT2D eigenvalue weighted by Crippen LogP contribution is 2.35. The standard InChI is InChI=1S/C16H15Br2ClO2/c17-12-6-5-11(15(19)7-12)8-16(9-20,10-21)13-3-1-2-4-14(13)18/h1-7,20-21H,8-10H2. The van der Waals surface area contributed by atoms with Crippen LogP contribution in [0.5, 0.6) is 0 Å². The van der Waals surface area contributed by atoms with Crippen molar-refractivity contribution >= 4 is 43.5 Å². The molecule has 0 bridgehead atoms. The molecule has 0 radical (unpaired) electrons. The van der Waals surface area contributed by atoms with Gasteiger partial charge in [0.25, 0.3) is 0 Å². The van der Waals surface area contributed by atoms with Gasteiger partial charge in [-0.1, -0.05) is 67.7 Å². The first kappa shape index (κ1) is 17.0. The summed E-state index contributed by atoms with van der Waals surface area (Å²) in [6.07, 6.45) is 0.453. The van der Waals surface area contributed by atoms with Crippen LogP contribution in [-0.2, 0) is 11.8 Å². The van der Waals surface area contributed by atoms with Crippen LogP contribution < -0.4 is 0 Å². The second kappa shape index (κ2) is 7.25. The molecule has 2 nitrogen and oxygen atoms in total. The van der Waals surface area contributed by atoms with Gasteiger partial charge in [-0.25, -0.2) is 0 Å². The molecule has 0 fully saturated rings. The average molecular weight is 435 g/mol. The van der Waals surface area contributed by atoms with Gasteiger partial charge >= 0.3 is 0 Å². The number of hydrogen-bond acceptors (Lipinski definition) is 2. The minimum absolute atomic E-state index is 0.168. The van der Waals surface area contributed by atoms with Crippen molar-refractivity contribution in [2.75, 3.05) is 13.2 Å². The van der Waals surface area contributed by atoms with Gasteiger partial charge in [-0.3, -0.25) is 0 Å². The van der Waals surface area contributed by atoms with Crippen LogP contribution >= 0.6 is 43.5 Å². The molecule has 0 heterocycles. The highest BCUT2D eigenvalue weighted by atomic mass is 79.9. The van der Waals surface area contributed by atoms with E-state index in [1.54, 1.807) is 0 Å². The molecule has 2 aromatic rings. The maximum absolute atomic E-state index is 9.93. The first-order valence-electron chi connectivity index (χ1n) is 6.43. The lowest BCUT2D eigenvalue weighted by atomic mass is 9.77. The Labute approximate surface area is 146 Å². The number of aliphatic hydroxyl groups excluding tert-OH is 2. The van der Waals surface area contributed by atoms with E-state index in [1.807, 2.05) is 42.5 Å². The molecule has 0 aromatic heterocycles. The molecule has 2 rings (SSSR count). The molecule has 0 aliphatic rings. The van der Waals surface area contributed by atoms with Crippen LogP contribution in [0.15, 0.2) is 51.4 Å². The summed E-state index contributed by atoms with van der Waals surface area (Å²) in [5.41, 5.74) is 0.977. The van der Waals surface area contributed by atoms with Gasteiger partial charge in [-0.05, 0) is 35.7 Å². The zero-order chi connectivity index (χ0) is 15.5. The maximum atomic E-state index is 9.93. The van der Waals surface area contributed by atoms with Crippen molar-refractivity contribution in [3.63, 3.8) is 0 Å². The number of aliphatic hydroxyl groups is 2. The van der Waals surface area contributed by atoms with Crippen LogP contribution in [0.3, 0.4) is 0 Å². The van der Waals surface area contributed by atoms with E-state index in [-0.39, 0.29) is 13.2 Å². The Hall–Kier alpha value is -0.390. The molecule has 0 aliphatic carbocycles. The van der Waals surface area contributed by atoms with Gasteiger partial charge in [0.15, 0.2) is 0 Å². The molecule has 0 unspecified atom stereocenters. The monoisotopic (exact) mass is 432 g/mol. The van der Waals surface area contributed by atoms with Crippen LogP contribution in [0.25, 0.3) is 0 Å². The second-order valence-electron chi connectivity index (χ2n) is 4.99. The third-order valence-electron chi connectivity index (χ3n) is 3.59. The van der Waals surface area contributed by atoms with Crippen molar-refractivity contribution in [3.05, 3.63) is 67.6 Å². The fourth-order valence-corrected chi connectivity index (χ4v) is 3.79. The largest absolute Gasteiger partial charge is 0.395 e. The average Bonchev–Trinajstić information content (AvgIpc) is 2.48. The molecule has 0 aliphatic heterocycles. The van der Waals surface area contributed by atoms with Gasteiger partial charge in [-0.15, -0.1) is 0 Å². The summed E-state index contributed by atoms with van der Waals surface area (Å²) in [6, 6.07) is 13.2. The Kier molecular flexibility index (Phi) is 5.86. The number of hydrogen-bond donors (Lipinski definition) is 2. The van der Waals surface area contributed by atoms with E-state index in [4.69, 9.17) is 11.6 Å². The molecule has 0 atom stereocenters. The molecule has 5 heteroatoms. The topological polar surface area (TPSA) is 40.5 Å². The van der Waals surface area contributed by atoms with Crippen molar-refractivity contribution in [2.45, 2.75) is 11.8 Å². The Balaban J connectivity index is 2.46. The smallest absolute Gasteiger partial charge is 0.0553 e. The van der Waals surface area contributed by atoms with Crippen LogP contribution in [0, 0.1) is 0 Å². The van der Waals surface area contributed by atoms with E-state index in [0.717, 1.165) is 20.1 Å². The molecule has 2 aromatic carbocycles. The molecule has 21 heavy (non-hydrogen) atoms. The van der Waals surface area contributed by atoms with Gasteiger partial charge in [0, 0.05) is 19.4 Å². The summed E-state index contributed by atoms with van der Waals surface area (Å²) in [5.74, 6) is 0. The van der Waals surface area contributed by atoms with Crippen molar-refractivity contribution in [1.82, 2.24) is 0 Å². The molecule has 0 amide bonds. The normalized spacial score (nSPS) is 11.7. The Morgan fingerprint density at radius 3 is 2.24 bits per heavy atom. The summed E-state index contributed by atoms with van der Waals surface area (Å²) >= 11 is 13.1. The van der Waals surface area contributed by atoms with E-state index >= 15 is 0 Å². The van der Waals surface area contributed by atoms with Crippen LogP contribution in [-0.4, -0.2) is 23.4 Å². The maximum Gasteiger partial charge on any atom is 0.0553 e. The van der Waals surface area contributed by atoms with Crippen molar-refractivity contribution < 1.29 is 10.2 Å². The molecule has 112 valence electrons. The van der Waals surface area contributed by atoms with E-state index in [0.29, 0.717) is 11.4 Å². The van der Waals surface area contributed by atoms with Crippen molar-refractivity contribution in [2.24, 2.45) is 0 Å². The minimum atomic E-state index is -0.780. The summed E-state index contributed by atoms with van der Waals surface area (Å²) in [7, 11) is 0. The number of halogens is 3. The zero-order valence-electron chi connectivity index (χ0n) is 11.2. The third kappa shape index (κ3) is 3.69. The van der Waals surface area contributed by atoms with Gasteiger partial charge in [0.1, 0.15) is 0 Å².